The number of hydrogen-bond donors (Lipinski definition) is 0. The number of methoxy groups -OCH3 is 1. The van der Waals surface area contributed by atoms with Crippen LogP contribution >= 0.6 is 45.8 Å². The number of Topliss-reactive ketones (excluding diaryl/α,β-unsaturated/α-hetero) is 2. The van der Waals surface area contributed by atoms with Crippen molar-refractivity contribution in [2.45, 2.75) is 65.9 Å². The molecule has 2 aromatic rings. The van der Waals surface area contributed by atoms with Gasteiger partial charge in [0.25, 0.3) is 0 Å². The van der Waals surface area contributed by atoms with E-state index >= 15 is 0 Å². The number of carbonyl (C=O) groups is 3. The van der Waals surface area contributed by atoms with Gasteiger partial charge in [-0.2, -0.15) is 0 Å². The second kappa shape index (κ2) is 11.7. The molecular formula is C33H33Cl2INO6-. The van der Waals surface area contributed by atoms with E-state index in [0.717, 1.165) is 9.13 Å². The maximum atomic E-state index is 13.9. The molecule has 0 aromatic heterocycles. The molecule has 5 rings (SSSR count). The quantitative estimate of drug-likeness (QED) is 0.295. The van der Waals surface area contributed by atoms with Gasteiger partial charge in [0, 0.05) is 56.9 Å². The van der Waals surface area contributed by atoms with Gasteiger partial charge in [-0.1, -0.05) is 57.0 Å². The Labute approximate surface area is 275 Å². The van der Waals surface area contributed by atoms with Crippen molar-refractivity contribution >= 4 is 63.3 Å². The Balaban J connectivity index is 1.66. The zero-order valence-corrected chi connectivity index (χ0v) is 28.4. The molecule has 1 aliphatic heterocycles. The number of ketones is 2. The van der Waals surface area contributed by atoms with Crippen LogP contribution in [0.1, 0.15) is 70.4 Å². The van der Waals surface area contributed by atoms with E-state index in [9.17, 15) is 19.5 Å². The lowest BCUT2D eigenvalue weighted by Gasteiger charge is -2.49. The molecule has 1 heterocycles. The van der Waals surface area contributed by atoms with Gasteiger partial charge in [-0.25, -0.2) is 0 Å². The van der Waals surface area contributed by atoms with E-state index < -0.39 is 18.4 Å². The number of halogens is 3. The number of carboxylic acids is 1. The van der Waals surface area contributed by atoms with Crippen LogP contribution in [-0.2, 0) is 21.0 Å². The summed E-state index contributed by atoms with van der Waals surface area (Å²) in [5.74, 6) is -1.14. The van der Waals surface area contributed by atoms with Gasteiger partial charge in [0.2, 0.25) is 0 Å². The molecule has 43 heavy (non-hydrogen) atoms. The zero-order chi connectivity index (χ0) is 31.4. The van der Waals surface area contributed by atoms with E-state index in [1.165, 1.54) is 7.11 Å². The van der Waals surface area contributed by atoms with Crippen molar-refractivity contribution in [1.29, 1.82) is 0 Å². The van der Waals surface area contributed by atoms with Crippen molar-refractivity contribution in [2.24, 2.45) is 10.8 Å². The highest BCUT2D eigenvalue weighted by molar-refractivity contribution is 14.1. The minimum absolute atomic E-state index is 0.0875. The van der Waals surface area contributed by atoms with Crippen molar-refractivity contribution in [1.82, 2.24) is 4.90 Å². The second-order valence-corrected chi connectivity index (χ2v) is 15.1. The molecule has 0 spiro atoms. The Morgan fingerprint density at radius 2 is 1.56 bits per heavy atom. The van der Waals surface area contributed by atoms with Crippen molar-refractivity contribution in [2.75, 3.05) is 13.7 Å². The summed E-state index contributed by atoms with van der Waals surface area (Å²) in [6.07, 6.45) is 1.59. The SMILES string of the molecule is COc1cc(C2C3=C(CC(C)(C)CC3=O)N(CC(=O)[O-])C3=C2C(=O)CC(C)(C)C3)cc(I)c1OCc1ccc(Cl)cc1Cl. The third-order valence-corrected chi connectivity index (χ3v) is 9.67. The Bertz CT molecular complexity index is 1550. The molecule has 0 N–H and O–H groups in total. The van der Waals surface area contributed by atoms with E-state index in [4.69, 9.17) is 32.7 Å². The van der Waals surface area contributed by atoms with Gasteiger partial charge in [-0.05, 0) is 76.1 Å². The van der Waals surface area contributed by atoms with Crippen LogP contribution in [0.4, 0.5) is 0 Å². The van der Waals surface area contributed by atoms with Crippen LogP contribution in [-0.4, -0.2) is 36.1 Å². The first-order valence-corrected chi connectivity index (χ1v) is 15.9. The van der Waals surface area contributed by atoms with Gasteiger partial charge >= 0.3 is 0 Å². The first kappa shape index (κ1) is 31.9. The van der Waals surface area contributed by atoms with Crippen LogP contribution in [0.25, 0.3) is 0 Å². The molecule has 0 radical (unpaired) electrons. The summed E-state index contributed by atoms with van der Waals surface area (Å²) in [6.45, 7) is 7.78. The molecule has 3 aliphatic rings. The average Bonchev–Trinajstić information content (AvgIpc) is 2.87. The predicted molar refractivity (Wildman–Crippen MR) is 171 cm³/mol. The van der Waals surface area contributed by atoms with E-state index in [-0.39, 0.29) is 29.0 Å². The van der Waals surface area contributed by atoms with Gasteiger partial charge < -0.3 is 24.3 Å². The lowest BCUT2D eigenvalue weighted by atomic mass is 9.63. The fourth-order valence-electron chi connectivity index (χ4n) is 6.54. The minimum Gasteiger partial charge on any atom is -0.548 e. The highest BCUT2D eigenvalue weighted by Gasteiger charge is 2.49. The van der Waals surface area contributed by atoms with Crippen molar-refractivity contribution in [3.63, 3.8) is 0 Å². The number of carbonyl (C=O) groups excluding carboxylic acids is 3. The summed E-state index contributed by atoms with van der Waals surface area (Å²) < 4.78 is 12.7. The van der Waals surface area contributed by atoms with Gasteiger partial charge in [0.05, 0.1) is 23.2 Å². The molecule has 2 aromatic carbocycles. The average molecular weight is 737 g/mol. The highest BCUT2D eigenvalue weighted by atomic mass is 127. The fourth-order valence-corrected chi connectivity index (χ4v) is 7.78. The van der Waals surface area contributed by atoms with Crippen molar-refractivity contribution in [3.05, 3.63) is 77.6 Å². The van der Waals surface area contributed by atoms with Crippen LogP contribution in [0.5, 0.6) is 11.5 Å². The molecule has 0 bridgehead atoms. The van der Waals surface area contributed by atoms with Gasteiger partial charge in [-0.3, -0.25) is 9.59 Å². The van der Waals surface area contributed by atoms with Crippen molar-refractivity contribution in [3.8, 4) is 11.5 Å². The molecule has 228 valence electrons. The fraction of sp³-hybridized carbons (Fsp3) is 0.424. The lowest BCUT2D eigenvalue weighted by Crippen LogP contribution is -2.47. The number of benzene rings is 2. The number of ether oxygens (including phenoxy) is 2. The van der Waals surface area contributed by atoms with Gasteiger partial charge in [0.15, 0.2) is 23.1 Å². The van der Waals surface area contributed by atoms with Gasteiger partial charge in [-0.15, -0.1) is 0 Å². The Morgan fingerprint density at radius 3 is 2.07 bits per heavy atom. The third kappa shape index (κ3) is 6.33. The molecule has 7 nitrogen and oxygen atoms in total. The molecule has 0 unspecified atom stereocenters. The summed E-state index contributed by atoms with van der Waals surface area (Å²) in [5, 5.41) is 13.0. The highest BCUT2D eigenvalue weighted by Crippen LogP contribution is 2.55. The van der Waals surface area contributed by atoms with E-state index in [1.54, 1.807) is 23.1 Å². The summed E-state index contributed by atoms with van der Waals surface area (Å²) in [4.78, 5) is 41.5. The topological polar surface area (TPSA) is 96.0 Å². The number of carboxylic acid groups (broad SMARTS) is 1. The maximum absolute atomic E-state index is 13.9. The number of hydrogen-bond acceptors (Lipinski definition) is 7. The number of allylic oxidation sites excluding steroid dienone is 4. The molecule has 0 fully saturated rings. The van der Waals surface area contributed by atoms with Crippen LogP contribution in [0, 0.1) is 14.4 Å². The lowest BCUT2D eigenvalue weighted by molar-refractivity contribution is -0.305. The number of rotatable bonds is 7. The Kier molecular flexibility index (Phi) is 8.70. The normalized spacial score (nSPS) is 19.8. The first-order chi connectivity index (χ1) is 20.1. The summed E-state index contributed by atoms with van der Waals surface area (Å²) >= 11 is 14.6. The minimum atomic E-state index is -1.26. The molecule has 0 amide bonds. The van der Waals surface area contributed by atoms with E-state index in [2.05, 4.69) is 22.6 Å². The Hall–Kier alpha value is -2.56. The molecule has 0 saturated heterocycles. The largest absolute Gasteiger partial charge is 0.548 e. The van der Waals surface area contributed by atoms with Crippen LogP contribution in [0.15, 0.2) is 52.9 Å². The molecule has 2 aliphatic carbocycles. The smallest absolute Gasteiger partial charge is 0.174 e. The standard InChI is InChI=1S/C33H34Cl2INO6/c1-32(2)11-22-29(24(38)13-32)28(30-23(37(22)15-27(40)41)12-33(3,4)14-25(30)39)18-8-21(36)31(26(9-18)42-5)43-16-17-6-7-19(34)10-20(17)35/h6-10,28H,11-16H2,1-5H3,(H,40,41)/p-1. The molecule has 10 heteroatoms. The second-order valence-electron chi connectivity index (χ2n) is 13.1. The van der Waals surface area contributed by atoms with Crippen LogP contribution < -0.4 is 14.6 Å². The monoisotopic (exact) mass is 736 g/mol. The third-order valence-electron chi connectivity index (χ3n) is 8.28. The molecule has 0 atom stereocenters. The summed E-state index contributed by atoms with van der Waals surface area (Å²) in [7, 11) is 1.54. The zero-order valence-electron chi connectivity index (χ0n) is 24.7. The van der Waals surface area contributed by atoms with Crippen LogP contribution in [0.3, 0.4) is 0 Å². The molecular weight excluding hydrogens is 704 g/mol. The van der Waals surface area contributed by atoms with Crippen molar-refractivity contribution < 1.29 is 29.0 Å². The van der Waals surface area contributed by atoms with Gasteiger partial charge in [0.1, 0.15) is 6.61 Å². The summed E-state index contributed by atoms with van der Waals surface area (Å²) in [5.41, 5.74) is 3.00. The Morgan fingerprint density at radius 1 is 0.977 bits per heavy atom. The number of nitrogens with zero attached hydrogens (tertiary/aromatic N) is 1. The van der Waals surface area contributed by atoms with Crippen LogP contribution in [0.2, 0.25) is 10.0 Å². The summed E-state index contributed by atoms with van der Waals surface area (Å²) in [6, 6.07) is 8.92. The number of aliphatic carboxylic acids is 1. The van der Waals surface area contributed by atoms with E-state index in [0.29, 0.717) is 75.3 Å². The first-order valence-electron chi connectivity index (χ1n) is 14.0. The van der Waals surface area contributed by atoms with E-state index in [1.807, 2.05) is 39.8 Å². The molecule has 0 saturated carbocycles. The maximum Gasteiger partial charge on any atom is 0.174 e. The predicted octanol–water partition coefficient (Wildman–Crippen LogP) is 6.62.